The number of carbonyl (C=O) groups excluding carboxylic acids is 2. The fourth-order valence-electron chi connectivity index (χ4n) is 6.03. The van der Waals surface area contributed by atoms with E-state index in [4.69, 9.17) is 29.9 Å². The summed E-state index contributed by atoms with van der Waals surface area (Å²) in [5, 5.41) is 20.2. The van der Waals surface area contributed by atoms with Gasteiger partial charge in [-0.3, -0.25) is 4.79 Å². The summed E-state index contributed by atoms with van der Waals surface area (Å²) >= 11 is 1.50. The van der Waals surface area contributed by atoms with Crippen molar-refractivity contribution in [3.05, 3.63) is 29.6 Å². The third-order valence-corrected chi connectivity index (χ3v) is 9.16. The Labute approximate surface area is 274 Å². The lowest BCUT2D eigenvalue weighted by Crippen LogP contribution is -2.58. The predicted molar refractivity (Wildman–Crippen MR) is 178 cm³/mol. The number of aliphatic hydroxyl groups excluding tert-OH is 1. The van der Waals surface area contributed by atoms with Crippen molar-refractivity contribution in [2.24, 2.45) is 11.1 Å². The van der Waals surface area contributed by atoms with Crippen LogP contribution in [0.15, 0.2) is 29.6 Å². The molecule has 2 aromatic heterocycles. The molecule has 46 heavy (non-hydrogen) atoms. The van der Waals surface area contributed by atoms with Gasteiger partial charge in [0, 0.05) is 35.4 Å². The molecule has 1 aromatic carbocycles. The highest BCUT2D eigenvalue weighted by molar-refractivity contribution is 7.14. The molecule has 3 unspecified atom stereocenters. The molecule has 12 nitrogen and oxygen atoms in total. The van der Waals surface area contributed by atoms with E-state index < -0.39 is 35.9 Å². The summed E-state index contributed by atoms with van der Waals surface area (Å²) in [6.07, 6.45) is 1.43. The number of likely N-dealkylation sites (tertiary alicyclic amines) is 1. The maximum Gasteiger partial charge on any atom is 0.408 e. The van der Waals surface area contributed by atoms with E-state index in [2.05, 4.69) is 24.5 Å². The van der Waals surface area contributed by atoms with Gasteiger partial charge in [-0.25, -0.2) is 14.8 Å². The summed E-state index contributed by atoms with van der Waals surface area (Å²) < 4.78 is 17.7. The first-order valence-electron chi connectivity index (χ1n) is 15.9. The number of hydrogen-bond donors (Lipinski definition) is 4. The van der Waals surface area contributed by atoms with E-state index in [0.717, 1.165) is 36.2 Å². The van der Waals surface area contributed by atoms with Crippen molar-refractivity contribution in [3.63, 3.8) is 0 Å². The van der Waals surface area contributed by atoms with E-state index >= 15 is 0 Å². The zero-order chi connectivity index (χ0) is 33.2. The molecule has 0 bridgehead atoms. The molecule has 1 aliphatic heterocycles. The number of benzene rings is 1. The number of nitrogens with one attached hydrogen (secondary N) is 2. The van der Waals surface area contributed by atoms with Crippen LogP contribution in [-0.4, -0.2) is 82.2 Å². The summed E-state index contributed by atoms with van der Waals surface area (Å²) in [5.74, 6) is 0.859. The van der Waals surface area contributed by atoms with Crippen LogP contribution in [0.5, 0.6) is 11.5 Å². The van der Waals surface area contributed by atoms with Gasteiger partial charge in [0.15, 0.2) is 5.13 Å². The van der Waals surface area contributed by atoms with Gasteiger partial charge in [-0.15, -0.1) is 11.3 Å². The number of aliphatic hydroxyl groups is 1. The van der Waals surface area contributed by atoms with Crippen molar-refractivity contribution in [1.82, 2.24) is 20.2 Å². The molecule has 5 rings (SSSR count). The Morgan fingerprint density at radius 2 is 1.85 bits per heavy atom. The van der Waals surface area contributed by atoms with Gasteiger partial charge in [0.25, 0.3) is 0 Å². The second-order valence-electron chi connectivity index (χ2n) is 13.5. The van der Waals surface area contributed by atoms with Crippen molar-refractivity contribution in [3.8, 4) is 22.9 Å². The minimum atomic E-state index is -1.31. The van der Waals surface area contributed by atoms with Crippen molar-refractivity contribution in [2.75, 3.05) is 19.0 Å². The summed E-state index contributed by atoms with van der Waals surface area (Å²) in [7, 11) is 1.60. The number of nitrogens with zero attached hydrogens (tertiary/aromatic N) is 3. The van der Waals surface area contributed by atoms with Crippen molar-refractivity contribution in [1.29, 1.82) is 0 Å². The first-order chi connectivity index (χ1) is 21.8. The number of ether oxygens (including phenoxy) is 3. The second-order valence-corrected chi connectivity index (χ2v) is 14.4. The number of nitrogens with two attached hydrogens (primary N) is 1. The molecular weight excluding hydrogens is 608 g/mol. The molecule has 1 aliphatic carbocycles. The van der Waals surface area contributed by atoms with Crippen LogP contribution in [0.4, 0.5) is 9.93 Å². The Morgan fingerprint density at radius 3 is 2.50 bits per heavy atom. The van der Waals surface area contributed by atoms with E-state index in [-0.39, 0.29) is 24.6 Å². The number of amides is 2. The lowest BCUT2D eigenvalue weighted by atomic mass is 9.85. The minimum Gasteiger partial charge on any atom is -0.497 e. The number of anilines is 1. The normalized spacial score (nSPS) is 20.2. The van der Waals surface area contributed by atoms with E-state index in [1.807, 2.05) is 50.4 Å². The summed E-state index contributed by atoms with van der Waals surface area (Å²) in [5.41, 5.74) is 7.37. The number of rotatable bonds is 10. The zero-order valence-corrected chi connectivity index (χ0v) is 28.2. The number of fused-ring (bicyclic) bond motifs is 1. The SMILES string of the molecule is COc1ccc2c(OC3CC(C(N)O)N(C(=O)[C@@H](NC(=O)OC4CCCC4)C(C)(C)C)C3)cc(-c3csc(NC(C)C)n3)nc2c1. The Hall–Kier alpha value is -3.68. The van der Waals surface area contributed by atoms with Crippen molar-refractivity contribution in [2.45, 2.75) is 103 Å². The largest absolute Gasteiger partial charge is 0.497 e. The molecule has 250 valence electrons. The highest BCUT2D eigenvalue weighted by atomic mass is 32.1. The van der Waals surface area contributed by atoms with Gasteiger partial charge in [-0.1, -0.05) is 20.8 Å². The van der Waals surface area contributed by atoms with Crippen LogP contribution in [-0.2, 0) is 9.53 Å². The number of hydrogen-bond acceptors (Lipinski definition) is 11. The van der Waals surface area contributed by atoms with Gasteiger partial charge in [-0.2, -0.15) is 0 Å². The summed E-state index contributed by atoms with van der Waals surface area (Å²) in [6, 6.07) is 6.02. The third-order valence-electron chi connectivity index (χ3n) is 8.38. The molecule has 0 radical (unpaired) electrons. The van der Waals surface area contributed by atoms with Gasteiger partial charge in [0.1, 0.15) is 41.7 Å². The Kier molecular flexibility index (Phi) is 10.2. The molecule has 3 aromatic rings. The standard InChI is InChI=1S/C33H46N6O6S/c1-18(2)35-31-37-25(17-46-31)24-15-27(22-12-11-20(43-6)13-23(22)36-24)44-21-14-26(29(34)40)39(16-21)30(41)28(33(3,4)5)38-32(42)45-19-9-7-8-10-19/h11-13,15,17-19,21,26,28-29,40H,7-10,14,16,34H2,1-6H3,(H,35,37)(H,38,42)/t21?,26?,28-,29?/m1/s1. The molecule has 1 saturated carbocycles. The van der Waals surface area contributed by atoms with Crippen LogP contribution in [0.1, 0.15) is 66.7 Å². The van der Waals surface area contributed by atoms with Crippen molar-refractivity contribution >= 4 is 39.4 Å². The van der Waals surface area contributed by atoms with Crippen LogP contribution in [0.25, 0.3) is 22.3 Å². The van der Waals surface area contributed by atoms with Gasteiger partial charge in [0.05, 0.1) is 30.9 Å². The Balaban J connectivity index is 1.40. The molecule has 2 amide bonds. The highest BCUT2D eigenvalue weighted by Gasteiger charge is 2.45. The maximum atomic E-state index is 14.1. The van der Waals surface area contributed by atoms with E-state index in [1.54, 1.807) is 7.11 Å². The van der Waals surface area contributed by atoms with Gasteiger partial charge in [-0.05, 0) is 57.1 Å². The molecule has 13 heteroatoms. The average molecular weight is 655 g/mol. The number of thiazole rings is 1. The lowest BCUT2D eigenvalue weighted by molar-refractivity contribution is -0.139. The molecule has 0 spiro atoms. The van der Waals surface area contributed by atoms with Crippen molar-refractivity contribution < 1.29 is 28.9 Å². The van der Waals surface area contributed by atoms with E-state index in [1.165, 1.54) is 16.2 Å². The number of methoxy groups -OCH3 is 1. The van der Waals surface area contributed by atoms with E-state index in [9.17, 15) is 14.7 Å². The van der Waals surface area contributed by atoms with Gasteiger partial charge >= 0.3 is 6.09 Å². The maximum absolute atomic E-state index is 14.1. The van der Waals surface area contributed by atoms with Crippen LogP contribution in [0.2, 0.25) is 0 Å². The van der Waals surface area contributed by atoms with E-state index in [0.29, 0.717) is 34.8 Å². The number of aromatic nitrogens is 2. The summed E-state index contributed by atoms with van der Waals surface area (Å²) in [4.78, 5) is 38.0. The van der Waals surface area contributed by atoms with Crippen LogP contribution in [0.3, 0.4) is 0 Å². The molecular formula is C33H46N6O6S. The Bertz CT molecular complexity index is 1530. The van der Waals surface area contributed by atoms with Crippen LogP contribution < -0.4 is 25.8 Å². The topological polar surface area (TPSA) is 161 Å². The predicted octanol–water partition coefficient (Wildman–Crippen LogP) is 4.90. The quantitative estimate of drug-likeness (QED) is 0.222. The monoisotopic (exact) mass is 654 g/mol. The molecule has 2 aliphatic rings. The van der Waals surface area contributed by atoms with Crippen LogP contribution >= 0.6 is 11.3 Å². The number of carbonyl (C=O) groups is 2. The molecule has 4 atom stereocenters. The number of alkyl carbamates (subject to hydrolysis) is 1. The summed E-state index contributed by atoms with van der Waals surface area (Å²) in [6.45, 7) is 9.90. The molecule has 3 heterocycles. The zero-order valence-electron chi connectivity index (χ0n) is 27.4. The smallest absolute Gasteiger partial charge is 0.408 e. The lowest BCUT2D eigenvalue weighted by Gasteiger charge is -2.36. The first kappa shape index (κ1) is 33.7. The second kappa shape index (κ2) is 14.0. The van der Waals surface area contributed by atoms with Gasteiger partial charge < -0.3 is 40.6 Å². The molecule has 1 saturated heterocycles. The minimum absolute atomic E-state index is 0.138. The fraction of sp³-hybridized carbons (Fsp3) is 0.576. The third kappa shape index (κ3) is 7.81. The van der Waals surface area contributed by atoms with Crippen LogP contribution in [0, 0.1) is 5.41 Å². The Morgan fingerprint density at radius 1 is 1.11 bits per heavy atom. The first-order valence-corrected chi connectivity index (χ1v) is 16.8. The number of pyridine rings is 1. The fourth-order valence-corrected chi connectivity index (χ4v) is 6.88. The van der Waals surface area contributed by atoms with Gasteiger partial charge in [0.2, 0.25) is 5.91 Å². The highest BCUT2D eigenvalue weighted by Crippen LogP contribution is 2.36. The molecule has 5 N–H and O–H groups in total. The molecule has 2 fully saturated rings. The average Bonchev–Trinajstić information content (AvgIpc) is 3.76.